The minimum atomic E-state index is -0.537. The van der Waals surface area contributed by atoms with Crippen LogP contribution in [0.3, 0.4) is 0 Å². The van der Waals surface area contributed by atoms with E-state index >= 15 is 0 Å². The third-order valence-electron chi connectivity index (χ3n) is 3.17. The number of rotatable bonds is 5. The normalized spacial score (nSPS) is 17.7. The molecule has 1 atom stereocenters. The first-order valence-electron chi connectivity index (χ1n) is 5.81. The molecule has 6 heteroatoms. The van der Waals surface area contributed by atoms with Gasteiger partial charge in [-0.05, 0) is 19.8 Å². The molecule has 0 heterocycles. The zero-order valence-electron chi connectivity index (χ0n) is 10.0. The Morgan fingerprint density at radius 2 is 1.88 bits per heavy atom. The molecule has 96 valence electrons. The van der Waals surface area contributed by atoms with E-state index in [1.165, 1.54) is 0 Å². The Balaban J connectivity index is 2.77. The van der Waals surface area contributed by atoms with Crippen molar-refractivity contribution in [3.63, 3.8) is 0 Å². The Kier molecular flexibility index (Phi) is 4.86. The van der Waals surface area contributed by atoms with Crippen LogP contribution in [0.4, 0.5) is 0 Å². The van der Waals surface area contributed by atoms with Crippen LogP contribution in [0.1, 0.15) is 32.6 Å². The number of hydrogen-bond acceptors (Lipinski definition) is 3. The summed E-state index contributed by atoms with van der Waals surface area (Å²) in [6.07, 6.45) is 4.00. The topological polar surface area (TPSA) is 89.4 Å². The zero-order valence-corrected chi connectivity index (χ0v) is 10.8. The van der Waals surface area contributed by atoms with E-state index in [-0.39, 0.29) is 23.5 Å². The molecule has 1 saturated carbocycles. The van der Waals surface area contributed by atoms with E-state index in [1.54, 1.807) is 11.8 Å². The largest absolute Gasteiger partial charge is 0.393 e. The van der Waals surface area contributed by atoms with Gasteiger partial charge in [0, 0.05) is 6.04 Å². The van der Waals surface area contributed by atoms with E-state index in [0.717, 1.165) is 25.7 Å². The number of primary amides is 1. The highest BCUT2D eigenvalue weighted by Crippen LogP contribution is 2.24. The van der Waals surface area contributed by atoms with Crippen molar-refractivity contribution >= 4 is 29.0 Å². The standard InChI is InChI=1S/C11H19N3O2S/c1-7(10(13)17)11(16)14(6-9(12)15)8-4-2-3-5-8/h7-8H,2-6H2,1H3,(H2,12,15)(H2,13,17). The molecule has 1 aliphatic rings. The van der Waals surface area contributed by atoms with Crippen molar-refractivity contribution < 1.29 is 9.59 Å². The fraction of sp³-hybridized carbons (Fsp3) is 0.727. The predicted molar refractivity (Wildman–Crippen MR) is 69.1 cm³/mol. The molecule has 0 bridgehead atoms. The van der Waals surface area contributed by atoms with Crippen LogP contribution in [-0.2, 0) is 9.59 Å². The van der Waals surface area contributed by atoms with E-state index in [0.29, 0.717) is 0 Å². The molecule has 5 nitrogen and oxygen atoms in total. The quantitative estimate of drug-likeness (QED) is 0.687. The van der Waals surface area contributed by atoms with Crippen LogP contribution in [-0.4, -0.2) is 34.3 Å². The second-order valence-corrected chi connectivity index (χ2v) is 4.97. The van der Waals surface area contributed by atoms with Gasteiger partial charge in [0.05, 0.1) is 17.5 Å². The summed E-state index contributed by atoms with van der Waals surface area (Å²) in [6.45, 7) is 1.62. The summed E-state index contributed by atoms with van der Waals surface area (Å²) in [4.78, 5) is 24.9. The number of nitrogens with zero attached hydrogens (tertiary/aromatic N) is 1. The van der Waals surface area contributed by atoms with Gasteiger partial charge >= 0.3 is 0 Å². The van der Waals surface area contributed by atoms with Gasteiger partial charge < -0.3 is 16.4 Å². The van der Waals surface area contributed by atoms with Gasteiger partial charge in [-0.15, -0.1) is 0 Å². The molecule has 2 amide bonds. The maximum atomic E-state index is 12.2. The van der Waals surface area contributed by atoms with Crippen LogP contribution in [0, 0.1) is 5.92 Å². The minimum absolute atomic E-state index is 0.0452. The van der Waals surface area contributed by atoms with Crippen LogP contribution in [0.15, 0.2) is 0 Å². The summed E-state index contributed by atoms with van der Waals surface area (Å²) in [5, 5.41) is 0. The molecule has 0 radical (unpaired) electrons. The van der Waals surface area contributed by atoms with Crippen molar-refractivity contribution in [3.05, 3.63) is 0 Å². The van der Waals surface area contributed by atoms with Crippen LogP contribution < -0.4 is 11.5 Å². The molecular weight excluding hydrogens is 238 g/mol. The smallest absolute Gasteiger partial charge is 0.237 e. The third-order valence-corrected chi connectivity index (χ3v) is 3.53. The van der Waals surface area contributed by atoms with E-state index in [4.69, 9.17) is 23.7 Å². The summed E-state index contributed by atoms with van der Waals surface area (Å²) in [7, 11) is 0. The number of amides is 2. The second-order valence-electron chi connectivity index (χ2n) is 4.49. The molecular formula is C11H19N3O2S. The fourth-order valence-corrected chi connectivity index (χ4v) is 2.24. The van der Waals surface area contributed by atoms with Crippen molar-refractivity contribution in [2.24, 2.45) is 17.4 Å². The van der Waals surface area contributed by atoms with Gasteiger partial charge in [-0.3, -0.25) is 9.59 Å². The highest BCUT2D eigenvalue weighted by atomic mass is 32.1. The van der Waals surface area contributed by atoms with Crippen molar-refractivity contribution in [2.45, 2.75) is 38.6 Å². The van der Waals surface area contributed by atoms with Crippen molar-refractivity contribution in [3.8, 4) is 0 Å². The molecule has 0 aliphatic heterocycles. The average Bonchev–Trinajstić information content (AvgIpc) is 2.76. The van der Waals surface area contributed by atoms with E-state index < -0.39 is 11.8 Å². The number of carbonyl (C=O) groups excluding carboxylic acids is 2. The SMILES string of the molecule is CC(C(=O)N(CC(N)=O)C1CCCC1)C(N)=S. The van der Waals surface area contributed by atoms with Crippen molar-refractivity contribution in [1.29, 1.82) is 0 Å². The molecule has 4 N–H and O–H groups in total. The van der Waals surface area contributed by atoms with Crippen LogP contribution >= 0.6 is 12.2 Å². The van der Waals surface area contributed by atoms with E-state index in [2.05, 4.69) is 0 Å². The molecule has 0 aromatic rings. The van der Waals surface area contributed by atoms with Gasteiger partial charge in [-0.2, -0.15) is 0 Å². The first kappa shape index (κ1) is 13.9. The summed E-state index contributed by atoms with van der Waals surface area (Å²) in [5.41, 5.74) is 10.7. The monoisotopic (exact) mass is 257 g/mol. The highest BCUT2D eigenvalue weighted by Gasteiger charge is 2.31. The molecule has 1 unspecified atom stereocenters. The lowest BCUT2D eigenvalue weighted by atomic mass is 10.1. The molecule has 0 aromatic carbocycles. The first-order valence-corrected chi connectivity index (χ1v) is 6.22. The Labute approximate surface area is 107 Å². The highest BCUT2D eigenvalue weighted by molar-refractivity contribution is 7.80. The van der Waals surface area contributed by atoms with Gasteiger partial charge in [0.15, 0.2) is 0 Å². The summed E-state index contributed by atoms with van der Waals surface area (Å²) in [6, 6.07) is 0.104. The number of hydrogen-bond donors (Lipinski definition) is 2. The van der Waals surface area contributed by atoms with Gasteiger partial charge in [0.1, 0.15) is 0 Å². The first-order chi connectivity index (χ1) is 7.93. The van der Waals surface area contributed by atoms with Gasteiger partial charge in [-0.25, -0.2) is 0 Å². The maximum Gasteiger partial charge on any atom is 0.237 e. The lowest BCUT2D eigenvalue weighted by molar-refractivity contribution is -0.138. The fourth-order valence-electron chi connectivity index (χ4n) is 2.14. The molecule has 0 spiro atoms. The van der Waals surface area contributed by atoms with Gasteiger partial charge in [-0.1, -0.05) is 25.1 Å². The number of thiocarbonyl (C=S) groups is 1. The predicted octanol–water partition coefficient (Wildman–Crippen LogP) is 0.165. The Hall–Kier alpha value is -1.17. The van der Waals surface area contributed by atoms with Crippen LogP contribution in [0.5, 0.6) is 0 Å². The molecule has 1 rings (SSSR count). The Morgan fingerprint density at radius 1 is 1.35 bits per heavy atom. The molecule has 1 aliphatic carbocycles. The Bertz CT molecular complexity index is 327. The van der Waals surface area contributed by atoms with E-state index in [9.17, 15) is 9.59 Å². The second kappa shape index (κ2) is 5.95. The number of carbonyl (C=O) groups is 2. The molecule has 0 aromatic heterocycles. The number of nitrogens with two attached hydrogens (primary N) is 2. The summed E-state index contributed by atoms with van der Waals surface area (Å²) in [5.74, 6) is -1.23. The third kappa shape index (κ3) is 3.66. The van der Waals surface area contributed by atoms with Crippen LogP contribution in [0.25, 0.3) is 0 Å². The average molecular weight is 257 g/mol. The minimum Gasteiger partial charge on any atom is -0.393 e. The zero-order chi connectivity index (χ0) is 13.0. The molecule has 0 saturated heterocycles. The van der Waals surface area contributed by atoms with Gasteiger partial charge in [0.2, 0.25) is 11.8 Å². The summed E-state index contributed by atoms with van der Waals surface area (Å²) >= 11 is 4.82. The summed E-state index contributed by atoms with van der Waals surface area (Å²) < 4.78 is 0. The van der Waals surface area contributed by atoms with E-state index in [1.807, 2.05) is 0 Å². The maximum absolute atomic E-state index is 12.2. The van der Waals surface area contributed by atoms with Gasteiger partial charge in [0.25, 0.3) is 0 Å². The lowest BCUT2D eigenvalue weighted by Crippen LogP contribution is -2.48. The molecule has 1 fully saturated rings. The lowest BCUT2D eigenvalue weighted by Gasteiger charge is -2.30. The van der Waals surface area contributed by atoms with Crippen molar-refractivity contribution in [1.82, 2.24) is 4.90 Å². The molecule has 17 heavy (non-hydrogen) atoms. The van der Waals surface area contributed by atoms with Crippen LogP contribution in [0.2, 0.25) is 0 Å². The van der Waals surface area contributed by atoms with Crippen molar-refractivity contribution in [2.75, 3.05) is 6.54 Å². The Morgan fingerprint density at radius 3 is 2.29 bits per heavy atom.